The van der Waals surface area contributed by atoms with E-state index in [2.05, 4.69) is 24.0 Å². The fourth-order valence-corrected chi connectivity index (χ4v) is 2.70. The van der Waals surface area contributed by atoms with Gasteiger partial charge >= 0.3 is 0 Å². The Balaban J connectivity index is 2.11. The Labute approximate surface area is 97.4 Å². The van der Waals surface area contributed by atoms with Crippen LogP contribution in [0.3, 0.4) is 0 Å². The first-order valence-electron chi connectivity index (χ1n) is 6.10. The average molecular weight is 222 g/mol. The number of aryl methyl sites for hydroxylation is 1. The van der Waals surface area contributed by atoms with Crippen LogP contribution in [0.5, 0.6) is 0 Å². The van der Waals surface area contributed by atoms with Gasteiger partial charge in [0.05, 0.1) is 5.69 Å². The van der Waals surface area contributed by atoms with Crippen molar-refractivity contribution < 1.29 is 0 Å². The highest BCUT2D eigenvalue weighted by Gasteiger charge is 2.24. The zero-order valence-corrected chi connectivity index (χ0v) is 10.5. The lowest BCUT2D eigenvalue weighted by Crippen LogP contribution is -2.36. The van der Waals surface area contributed by atoms with Gasteiger partial charge in [0, 0.05) is 26.3 Å². The minimum Gasteiger partial charge on any atom is -0.394 e. The number of aromatic nitrogens is 2. The molecule has 0 saturated heterocycles. The van der Waals surface area contributed by atoms with E-state index in [0.717, 1.165) is 17.4 Å². The molecule has 1 aliphatic rings. The summed E-state index contributed by atoms with van der Waals surface area (Å²) in [6.45, 7) is 2.34. The molecule has 16 heavy (non-hydrogen) atoms. The summed E-state index contributed by atoms with van der Waals surface area (Å²) in [7, 11) is 4.03. The maximum Gasteiger partial charge on any atom is 0.173 e. The van der Waals surface area contributed by atoms with Crippen LogP contribution in [0, 0.1) is 5.92 Å². The molecule has 2 N–H and O–H groups in total. The average Bonchev–Trinajstić information content (AvgIpc) is 2.57. The SMILES string of the molecule is CC1CCCC(N(C)c2nn(C)cc2N)C1. The standard InChI is InChI=1S/C12H22N4/c1-9-5-4-6-10(7-9)16(3)12-11(13)8-15(2)14-12/h8-10H,4-7,13H2,1-3H3. The molecule has 2 unspecified atom stereocenters. The van der Waals surface area contributed by atoms with Gasteiger partial charge in [-0.05, 0) is 18.8 Å². The third-order valence-electron chi connectivity index (χ3n) is 3.63. The quantitative estimate of drug-likeness (QED) is 0.832. The van der Waals surface area contributed by atoms with Gasteiger partial charge in [-0.2, -0.15) is 5.10 Å². The first-order valence-corrected chi connectivity index (χ1v) is 6.10. The fourth-order valence-electron chi connectivity index (χ4n) is 2.70. The van der Waals surface area contributed by atoms with E-state index < -0.39 is 0 Å². The fraction of sp³-hybridized carbons (Fsp3) is 0.750. The maximum absolute atomic E-state index is 5.96. The van der Waals surface area contributed by atoms with Gasteiger partial charge in [0.15, 0.2) is 5.82 Å². The molecule has 2 atom stereocenters. The molecule has 0 aliphatic heterocycles. The van der Waals surface area contributed by atoms with Gasteiger partial charge in [-0.25, -0.2) is 0 Å². The van der Waals surface area contributed by atoms with Crippen molar-refractivity contribution in [3.05, 3.63) is 6.20 Å². The Bertz CT molecular complexity index is 358. The van der Waals surface area contributed by atoms with Crippen molar-refractivity contribution in [2.75, 3.05) is 17.7 Å². The number of nitrogens with zero attached hydrogens (tertiary/aromatic N) is 3. The van der Waals surface area contributed by atoms with Crippen molar-refractivity contribution >= 4 is 11.5 Å². The van der Waals surface area contributed by atoms with Gasteiger partial charge in [-0.3, -0.25) is 4.68 Å². The lowest BCUT2D eigenvalue weighted by Gasteiger charge is -2.34. The van der Waals surface area contributed by atoms with Gasteiger partial charge in [0.2, 0.25) is 0 Å². The molecule has 0 aromatic carbocycles. The molecule has 1 aromatic heterocycles. The summed E-state index contributed by atoms with van der Waals surface area (Å²) in [5.41, 5.74) is 6.74. The smallest absolute Gasteiger partial charge is 0.173 e. The molecule has 0 amide bonds. The first-order chi connectivity index (χ1) is 7.58. The van der Waals surface area contributed by atoms with Crippen molar-refractivity contribution in [1.82, 2.24) is 9.78 Å². The highest BCUT2D eigenvalue weighted by atomic mass is 15.3. The van der Waals surface area contributed by atoms with Crippen molar-refractivity contribution in [2.45, 2.75) is 38.6 Å². The van der Waals surface area contributed by atoms with Gasteiger partial charge in [-0.1, -0.05) is 19.8 Å². The second kappa shape index (κ2) is 4.36. The van der Waals surface area contributed by atoms with E-state index in [9.17, 15) is 0 Å². The topological polar surface area (TPSA) is 47.1 Å². The van der Waals surface area contributed by atoms with Crippen molar-refractivity contribution in [3.8, 4) is 0 Å². The summed E-state index contributed by atoms with van der Waals surface area (Å²) in [6, 6.07) is 0.598. The summed E-state index contributed by atoms with van der Waals surface area (Å²) < 4.78 is 1.79. The highest BCUT2D eigenvalue weighted by Crippen LogP contribution is 2.30. The molecule has 0 spiro atoms. The molecule has 0 radical (unpaired) electrons. The summed E-state index contributed by atoms with van der Waals surface area (Å²) in [5, 5.41) is 4.43. The number of rotatable bonds is 2. The van der Waals surface area contributed by atoms with E-state index in [1.54, 1.807) is 4.68 Å². The number of nitrogen functional groups attached to an aromatic ring is 1. The molecule has 4 heteroatoms. The van der Waals surface area contributed by atoms with E-state index in [4.69, 9.17) is 5.73 Å². The van der Waals surface area contributed by atoms with Crippen LogP contribution in [0.1, 0.15) is 32.6 Å². The number of anilines is 2. The van der Waals surface area contributed by atoms with Crippen LogP contribution < -0.4 is 10.6 Å². The van der Waals surface area contributed by atoms with E-state index in [-0.39, 0.29) is 0 Å². The van der Waals surface area contributed by atoms with Crippen molar-refractivity contribution in [3.63, 3.8) is 0 Å². The molecule has 1 saturated carbocycles. The second-order valence-electron chi connectivity index (χ2n) is 5.12. The van der Waals surface area contributed by atoms with Gasteiger partial charge in [0.25, 0.3) is 0 Å². The Kier molecular flexibility index (Phi) is 3.08. The Morgan fingerprint density at radius 2 is 2.25 bits per heavy atom. The Morgan fingerprint density at radius 1 is 1.50 bits per heavy atom. The van der Waals surface area contributed by atoms with Crippen LogP contribution in [-0.2, 0) is 7.05 Å². The molecule has 1 heterocycles. The molecule has 90 valence electrons. The van der Waals surface area contributed by atoms with Gasteiger partial charge < -0.3 is 10.6 Å². The highest BCUT2D eigenvalue weighted by molar-refractivity contribution is 5.61. The summed E-state index contributed by atoms with van der Waals surface area (Å²) in [5.74, 6) is 1.76. The normalized spacial score (nSPS) is 25.7. The number of hydrogen-bond donors (Lipinski definition) is 1. The van der Waals surface area contributed by atoms with Crippen LogP contribution in [0.2, 0.25) is 0 Å². The molecule has 0 bridgehead atoms. The minimum absolute atomic E-state index is 0.598. The van der Waals surface area contributed by atoms with Crippen LogP contribution in [0.25, 0.3) is 0 Å². The van der Waals surface area contributed by atoms with Crippen molar-refractivity contribution in [2.24, 2.45) is 13.0 Å². The molecule has 1 aromatic rings. The monoisotopic (exact) mass is 222 g/mol. The van der Waals surface area contributed by atoms with Crippen LogP contribution in [-0.4, -0.2) is 22.9 Å². The molecular formula is C12H22N4. The minimum atomic E-state index is 0.598. The predicted octanol–water partition coefficient (Wildman–Crippen LogP) is 2.02. The third kappa shape index (κ3) is 2.15. The molecule has 2 rings (SSSR count). The predicted molar refractivity (Wildman–Crippen MR) is 67.4 cm³/mol. The number of nitrogens with two attached hydrogens (primary N) is 1. The molecule has 1 fully saturated rings. The Hall–Kier alpha value is -1.19. The molecule has 1 aliphatic carbocycles. The lowest BCUT2D eigenvalue weighted by molar-refractivity contribution is 0.335. The van der Waals surface area contributed by atoms with E-state index >= 15 is 0 Å². The van der Waals surface area contributed by atoms with Crippen LogP contribution in [0.4, 0.5) is 11.5 Å². The molecular weight excluding hydrogens is 200 g/mol. The third-order valence-corrected chi connectivity index (χ3v) is 3.63. The van der Waals surface area contributed by atoms with E-state index in [1.165, 1.54) is 25.7 Å². The van der Waals surface area contributed by atoms with E-state index in [1.807, 2.05) is 13.2 Å². The molecule has 4 nitrogen and oxygen atoms in total. The summed E-state index contributed by atoms with van der Waals surface area (Å²) in [4.78, 5) is 2.25. The second-order valence-corrected chi connectivity index (χ2v) is 5.12. The number of hydrogen-bond acceptors (Lipinski definition) is 3. The lowest BCUT2D eigenvalue weighted by atomic mass is 9.86. The first kappa shape index (κ1) is 11.3. The zero-order valence-electron chi connectivity index (χ0n) is 10.5. The van der Waals surface area contributed by atoms with Crippen LogP contribution >= 0.6 is 0 Å². The maximum atomic E-state index is 5.96. The zero-order chi connectivity index (χ0) is 11.7. The van der Waals surface area contributed by atoms with Gasteiger partial charge in [0.1, 0.15) is 0 Å². The van der Waals surface area contributed by atoms with Crippen molar-refractivity contribution in [1.29, 1.82) is 0 Å². The largest absolute Gasteiger partial charge is 0.394 e. The van der Waals surface area contributed by atoms with Gasteiger partial charge in [-0.15, -0.1) is 0 Å². The summed E-state index contributed by atoms with van der Waals surface area (Å²) in [6.07, 6.45) is 7.08. The van der Waals surface area contributed by atoms with E-state index in [0.29, 0.717) is 6.04 Å². The summed E-state index contributed by atoms with van der Waals surface area (Å²) >= 11 is 0. The van der Waals surface area contributed by atoms with Crippen LogP contribution in [0.15, 0.2) is 6.20 Å². The Morgan fingerprint density at radius 3 is 2.81 bits per heavy atom.